The molecule has 0 radical (unpaired) electrons. The second kappa shape index (κ2) is 3.14. The van der Waals surface area contributed by atoms with Gasteiger partial charge in [0, 0.05) is 5.75 Å². The average molecular weight is 170 g/mol. The van der Waals surface area contributed by atoms with E-state index in [1.165, 1.54) is 17.9 Å². The Morgan fingerprint density at radius 2 is 2.09 bits per heavy atom. The Morgan fingerprint density at radius 3 is 2.45 bits per heavy atom. The van der Waals surface area contributed by atoms with Crippen LogP contribution in [-0.2, 0) is 0 Å². The molecule has 0 fully saturated rings. The van der Waals surface area contributed by atoms with Gasteiger partial charge in [0.2, 0.25) is 0 Å². The molecule has 1 atom stereocenters. The van der Waals surface area contributed by atoms with E-state index in [1.807, 2.05) is 0 Å². The zero-order chi connectivity index (χ0) is 8.48. The summed E-state index contributed by atoms with van der Waals surface area (Å²) in [6, 6.07) is 0. The van der Waals surface area contributed by atoms with Crippen LogP contribution in [0.2, 0.25) is 0 Å². The minimum absolute atomic E-state index is 0.393. The van der Waals surface area contributed by atoms with Gasteiger partial charge in [-0.25, -0.2) is 0 Å². The van der Waals surface area contributed by atoms with Gasteiger partial charge in [-0.3, -0.25) is 0 Å². The number of rotatable bonds is 0. The highest BCUT2D eigenvalue weighted by Crippen LogP contribution is 2.33. The molecule has 11 heavy (non-hydrogen) atoms. The summed E-state index contributed by atoms with van der Waals surface area (Å²) in [6.07, 6.45) is 3.68. The summed E-state index contributed by atoms with van der Waals surface area (Å²) >= 11 is 0. The molecule has 1 rings (SSSR count). The van der Waals surface area contributed by atoms with Gasteiger partial charge < -0.3 is 0 Å². The van der Waals surface area contributed by atoms with E-state index in [0.29, 0.717) is 15.9 Å². The summed E-state index contributed by atoms with van der Waals surface area (Å²) in [7, 11) is 0.428. The molecule has 0 saturated carbocycles. The van der Waals surface area contributed by atoms with Gasteiger partial charge in [-0.05, 0) is 17.6 Å². The molecular weight excluding hydrogens is 152 g/mol. The van der Waals surface area contributed by atoms with E-state index in [9.17, 15) is 0 Å². The lowest BCUT2D eigenvalue weighted by atomic mass is 9.85. The Labute approximate surface area is 72.6 Å². The Morgan fingerprint density at radius 1 is 1.45 bits per heavy atom. The zero-order valence-electron chi connectivity index (χ0n) is 7.81. The first-order valence-electron chi connectivity index (χ1n) is 4.17. The van der Waals surface area contributed by atoms with Crippen molar-refractivity contribution in [3.63, 3.8) is 0 Å². The van der Waals surface area contributed by atoms with Crippen molar-refractivity contribution in [1.82, 2.24) is 0 Å². The fourth-order valence-corrected chi connectivity index (χ4v) is 2.45. The maximum absolute atomic E-state index is 4.10. The summed E-state index contributed by atoms with van der Waals surface area (Å²) < 4.78 is 0. The summed E-state index contributed by atoms with van der Waals surface area (Å²) in [4.78, 5) is 0. The molecule has 0 spiro atoms. The smallest absolute Gasteiger partial charge is 0.00606 e. The summed E-state index contributed by atoms with van der Waals surface area (Å²) in [5.74, 6) is 6.62. The Balaban J connectivity index is 2.69. The Kier molecular flexibility index (Phi) is 2.58. The second-order valence-corrected chi connectivity index (χ2v) is 6.18. The zero-order valence-corrected chi connectivity index (χ0v) is 8.63. The summed E-state index contributed by atoms with van der Waals surface area (Å²) in [6.45, 7) is 6.89. The fraction of sp³-hybridized carbons (Fsp3) is 0.700. The molecule has 0 N–H and O–H groups in total. The monoisotopic (exact) mass is 170 g/mol. The van der Waals surface area contributed by atoms with Gasteiger partial charge in [0.15, 0.2) is 0 Å². The van der Waals surface area contributed by atoms with Crippen molar-refractivity contribution >= 4 is 16.4 Å². The molecule has 64 valence electrons. The van der Waals surface area contributed by atoms with Crippen LogP contribution in [0.4, 0.5) is 0 Å². The molecule has 1 aliphatic heterocycles. The molecule has 0 bridgehead atoms. The molecule has 0 saturated heterocycles. The summed E-state index contributed by atoms with van der Waals surface area (Å²) in [5, 5.41) is 0. The number of hydrogen-bond donors (Lipinski definition) is 0. The SMILES string of the molecule is C=S1CC=C(C(C)(C)C)CC1. The standard InChI is InChI=1S/C10H18S/c1-10(2,3)9-5-7-11(4)8-6-9/h5H,4,6-8H2,1-3H3. The second-order valence-electron chi connectivity index (χ2n) is 4.21. The van der Waals surface area contributed by atoms with Crippen molar-refractivity contribution in [3.8, 4) is 0 Å². The van der Waals surface area contributed by atoms with Gasteiger partial charge in [-0.15, -0.1) is 0 Å². The van der Waals surface area contributed by atoms with Crippen LogP contribution in [0.25, 0.3) is 0 Å². The van der Waals surface area contributed by atoms with Crippen molar-refractivity contribution < 1.29 is 0 Å². The predicted molar refractivity (Wildman–Crippen MR) is 56.6 cm³/mol. The Hall–Kier alpha value is -0.0400. The largest absolute Gasteiger partial charge is 0.189 e. The predicted octanol–water partition coefficient (Wildman–Crippen LogP) is 3.06. The number of hydrogen-bond acceptors (Lipinski definition) is 0. The van der Waals surface area contributed by atoms with Crippen molar-refractivity contribution in [3.05, 3.63) is 11.6 Å². The topological polar surface area (TPSA) is 0 Å². The minimum atomic E-state index is 0.393. The van der Waals surface area contributed by atoms with Crippen molar-refractivity contribution in [1.29, 1.82) is 0 Å². The van der Waals surface area contributed by atoms with E-state index in [2.05, 4.69) is 32.7 Å². The van der Waals surface area contributed by atoms with E-state index in [-0.39, 0.29) is 0 Å². The molecule has 0 nitrogen and oxygen atoms in total. The first-order valence-corrected chi connectivity index (χ1v) is 5.90. The van der Waals surface area contributed by atoms with E-state index in [1.54, 1.807) is 5.57 Å². The fourth-order valence-electron chi connectivity index (χ4n) is 1.34. The van der Waals surface area contributed by atoms with Crippen LogP contribution in [0.3, 0.4) is 0 Å². The molecule has 0 aromatic rings. The van der Waals surface area contributed by atoms with E-state index in [0.717, 1.165) is 0 Å². The first kappa shape index (κ1) is 9.05. The van der Waals surface area contributed by atoms with Crippen LogP contribution in [0.1, 0.15) is 27.2 Å². The molecule has 1 heterocycles. The Bertz CT molecular complexity index is 193. The lowest BCUT2D eigenvalue weighted by molar-refractivity contribution is 0.487. The first-order chi connectivity index (χ1) is 5.00. The normalized spacial score (nSPS) is 26.5. The molecule has 0 aliphatic carbocycles. The molecule has 0 amide bonds. The van der Waals surface area contributed by atoms with Gasteiger partial charge in [0.05, 0.1) is 0 Å². The van der Waals surface area contributed by atoms with Gasteiger partial charge in [-0.2, -0.15) is 10.5 Å². The third-order valence-corrected chi connectivity index (χ3v) is 3.61. The molecule has 1 aliphatic rings. The lowest BCUT2D eigenvalue weighted by Gasteiger charge is -2.27. The third kappa shape index (κ3) is 2.48. The maximum atomic E-state index is 4.10. The average Bonchev–Trinajstić information content (AvgIpc) is 1.86. The highest BCUT2D eigenvalue weighted by Gasteiger charge is 2.18. The van der Waals surface area contributed by atoms with E-state index >= 15 is 0 Å². The van der Waals surface area contributed by atoms with Gasteiger partial charge in [-0.1, -0.05) is 38.3 Å². The molecular formula is C10H18S. The maximum Gasteiger partial charge on any atom is 0.00606 e. The van der Waals surface area contributed by atoms with Crippen LogP contribution in [0.5, 0.6) is 0 Å². The van der Waals surface area contributed by atoms with Crippen LogP contribution in [0.15, 0.2) is 11.6 Å². The van der Waals surface area contributed by atoms with Gasteiger partial charge in [0.1, 0.15) is 0 Å². The molecule has 1 unspecified atom stereocenters. The van der Waals surface area contributed by atoms with Gasteiger partial charge >= 0.3 is 0 Å². The quantitative estimate of drug-likeness (QED) is 0.387. The van der Waals surface area contributed by atoms with Crippen molar-refractivity contribution in [2.45, 2.75) is 27.2 Å². The minimum Gasteiger partial charge on any atom is -0.189 e. The summed E-state index contributed by atoms with van der Waals surface area (Å²) in [5.41, 5.74) is 2.02. The van der Waals surface area contributed by atoms with Crippen LogP contribution >= 0.6 is 10.5 Å². The van der Waals surface area contributed by atoms with Crippen LogP contribution in [-0.4, -0.2) is 17.4 Å². The third-order valence-electron chi connectivity index (χ3n) is 2.19. The van der Waals surface area contributed by atoms with Crippen molar-refractivity contribution in [2.24, 2.45) is 5.41 Å². The highest BCUT2D eigenvalue weighted by molar-refractivity contribution is 8.14. The lowest BCUT2D eigenvalue weighted by Crippen LogP contribution is -2.13. The molecule has 1 heteroatoms. The van der Waals surface area contributed by atoms with Crippen LogP contribution in [0, 0.1) is 5.41 Å². The highest BCUT2D eigenvalue weighted by atomic mass is 32.2. The van der Waals surface area contributed by atoms with E-state index < -0.39 is 0 Å². The molecule has 0 aromatic carbocycles. The molecule has 0 aromatic heterocycles. The number of allylic oxidation sites excluding steroid dienone is 1. The van der Waals surface area contributed by atoms with Gasteiger partial charge in [0.25, 0.3) is 0 Å². The van der Waals surface area contributed by atoms with Crippen LogP contribution < -0.4 is 0 Å². The van der Waals surface area contributed by atoms with Crippen molar-refractivity contribution in [2.75, 3.05) is 11.5 Å². The van der Waals surface area contributed by atoms with E-state index in [4.69, 9.17) is 0 Å².